The van der Waals surface area contributed by atoms with Crippen LogP contribution < -0.4 is 4.83 Å². The molecule has 1 aliphatic rings. The Labute approximate surface area is 110 Å². The van der Waals surface area contributed by atoms with E-state index >= 15 is 0 Å². The lowest BCUT2D eigenvalue weighted by atomic mass is 10.2. The van der Waals surface area contributed by atoms with Crippen LogP contribution in [0.15, 0.2) is 33.6 Å². The molecule has 1 aromatic rings. The Morgan fingerprint density at radius 3 is 2.24 bits per heavy atom. The molecule has 0 saturated carbocycles. The second kappa shape index (κ2) is 5.48. The van der Waals surface area contributed by atoms with E-state index in [0.717, 1.165) is 30.4 Å². The number of hydrogen-bond acceptors (Lipinski definition) is 3. The minimum Gasteiger partial charge on any atom is -0.230 e. The first-order valence-electron chi connectivity index (χ1n) is 5.61. The van der Waals surface area contributed by atoms with Crippen LogP contribution in [0.1, 0.15) is 19.3 Å². The van der Waals surface area contributed by atoms with Gasteiger partial charge in [-0.1, -0.05) is 22.4 Å². The quantitative estimate of drug-likeness (QED) is 0.928. The van der Waals surface area contributed by atoms with Gasteiger partial charge in [-0.15, -0.1) is 4.83 Å². The highest BCUT2D eigenvalue weighted by atomic mass is 79.9. The van der Waals surface area contributed by atoms with E-state index in [0.29, 0.717) is 4.90 Å². The van der Waals surface area contributed by atoms with E-state index in [1.807, 2.05) is 0 Å². The van der Waals surface area contributed by atoms with Gasteiger partial charge < -0.3 is 0 Å². The Morgan fingerprint density at radius 1 is 1.06 bits per heavy atom. The smallest absolute Gasteiger partial charge is 0.230 e. The van der Waals surface area contributed by atoms with Crippen molar-refractivity contribution in [2.24, 2.45) is 0 Å². The molecule has 6 heteroatoms. The van der Waals surface area contributed by atoms with Crippen molar-refractivity contribution in [3.05, 3.63) is 28.7 Å². The average Bonchev–Trinajstić information content (AvgIpc) is 2.30. The first kappa shape index (κ1) is 13.0. The van der Waals surface area contributed by atoms with Crippen LogP contribution in [-0.2, 0) is 10.0 Å². The molecule has 0 unspecified atom stereocenters. The molecule has 1 saturated heterocycles. The van der Waals surface area contributed by atoms with E-state index in [2.05, 4.69) is 20.8 Å². The number of hydrazine groups is 1. The molecule has 0 spiro atoms. The predicted octanol–water partition coefficient (Wildman–Crippen LogP) is 2.13. The van der Waals surface area contributed by atoms with E-state index in [9.17, 15) is 8.42 Å². The van der Waals surface area contributed by atoms with E-state index in [1.165, 1.54) is 6.42 Å². The molecule has 1 aromatic carbocycles. The Kier molecular flexibility index (Phi) is 4.19. The molecule has 2 rings (SSSR count). The molecule has 1 aliphatic heterocycles. The van der Waals surface area contributed by atoms with Crippen molar-refractivity contribution < 1.29 is 8.42 Å². The van der Waals surface area contributed by atoms with Crippen molar-refractivity contribution >= 4 is 26.0 Å². The van der Waals surface area contributed by atoms with Gasteiger partial charge in [0.25, 0.3) is 10.0 Å². The Morgan fingerprint density at radius 2 is 1.65 bits per heavy atom. The molecule has 17 heavy (non-hydrogen) atoms. The molecular weight excluding hydrogens is 304 g/mol. The standard InChI is InChI=1S/C11H15BrN2O2S/c12-10-4-6-11(7-5-10)17(15,16)13-14-8-2-1-3-9-14/h4-7,13H,1-3,8-9H2. The van der Waals surface area contributed by atoms with E-state index in [4.69, 9.17) is 0 Å². The van der Waals surface area contributed by atoms with Gasteiger partial charge in [-0.2, -0.15) is 0 Å². The van der Waals surface area contributed by atoms with Crippen molar-refractivity contribution in [1.29, 1.82) is 0 Å². The van der Waals surface area contributed by atoms with Crippen molar-refractivity contribution in [2.75, 3.05) is 13.1 Å². The monoisotopic (exact) mass is 318 g/mol. The maximum absolute atomic E-state index is 12.0. The van der Waals surface area contributed by atoms with E-state index in [1.54, 1.807) is 29.3 Å². The largest absolute Gasteiger partial charge is 0.253 e. The second-order valence-corrected chi connectivity index (χ2v) is 6.67. The van der Waals surface area contributed by atoms with Crippen LogP contribution in [0.4, 0.5) is 0 Å². The molecule has 4 nitrogen and oxygen atoms in total. The molecule has 1 heterocycles. The minimum absolute atomic E-state index is 0.297. The Balaban J connectivity index is 2.10. The fourth-order valence-electron chi connectivity index (χ4n) is 1.82. The SMILES string of the molecule is O=S(=O)(NN1CCCCC1)c1ccc(Br)cc1. The molecule has 0 amide bonds. The molecular formula is C11H15BrN2O2S. The highest BCUT2D eigenvalue weighted by Gasteiger charge is 2.19. The molecule has 0 aliphatic carbocycles. The lowest BCUT2D eigenvalue weighted by Gasteiger charge is -2.26. The van der Waals surface area contributed by atoms with Crippen LogP contribution in [-0.4, -0.2) is 26.5 Å². The summed E-state index contributed by atoms with van der Waals surface area (Å²) >= 11 is 3.29. The topological polar surface area (TPSA) is 49.4 Å². The first-order chi connectivity index (χ1) is 8.08. The van der Waals surface area contributed by atoms with Crippen LogP contribution in [0.25, 0.3) is 0 Å². The minimum atomic E-state index is -3.42. The van der Waals surface area contributed by atoms with Crippen molar-refractivity contribution in [1.82, 2.24) is 9.84 Å². The average molecular weight is 319 g/mol. The summed E-state index contributed by atoms with van der Waals surface area (Å²) in [6.45, 7) is 1.57. The molecule has 0 radical (unpaired) electrons. The van der Waals surface area contributed by atoms with Gasteiger partial charge in [-0.05, 0) is 37.1 Å². The zero-order valence-electron chi connectivity index (χ0n) is 9.39. The summed E-state index contributed by atoms with van der Waals surface area (Å²) in [6, 6.07) is 6.64. The summed E-state index contributed by atoms with van der Waals surface area (Å²) in [5.41, 5.74) is 0. The van der Waals surface area contributed by atoms with Gasteiger partial charge in [0, 0.05) is 17.6 Å². The first-order valence-corrected chi connectivity index (χ1v) is 7.88. The lowest BCUT2D eigenvalue weighted by Crippen LogP contribution is -2.44. The Bertz CT molecular complexity index is 467. The predicted molar refractivity (Wildman–Crippen MR) is 69.9 cm³/mol. The van der Waals surface area contributed by atoms with Gasteiger partial charge in [-0.3, -0.25) is 0 Å². The van der Waals surface area contributed by atoms with Crippen LogP contribution >= 0.6 is 15.9 Å². The van der Waals surface area contributed by atoms with Crippen molar-refractivity contribution in [3.8, 4) is 0 Å². The van der Waals surface area contributed by atoms with Gasteiger partial charge >= 0.3 is 0 Å². The van der Waals surface area contributed by atoms with Crippen LogP contribution in [0.5, 0.6) is 0 Å². The second-order valence-electron chi connectivity index (χ2n) is 4.10. The molecule has 94 valence electrons. The third-order valence-corrected chi connectivity index (χ3v) is 4.65. The zero-order chi connectivity index (χ0) is 12.3. The summed E-state index contributed by atoms with van der Waals surface area (Å²) in [6.07, 6.45) is 3.27. The number of rotatable bonds is 3. The fourth-order valence-corrected chi connectivity index (χ4v) is 3.21. The normalized spacial score (nSPS) is 18.2. The Hall–Kier alpha value is -0.430. The molecule has 0 aromatic heterocycles. The number of nitrogens with zero attached hydrogens (tertiary/aromatic N) is 1. The van der Waals surface area contributed by atoms with Crippen LogP contribution in [0, 0.1) is 0 Å². The number of sulfonamides is 1. The van der Waals surface area contributed by atoms with Gasteiger partial charge in [-0.25, -0.2) is 13.4 Å². The third kappa shape index (κ3) is 3.51. The fraction of sp³-hybridized carbons (Fsp3) is 0.455. The summed E-state index contributed by atoms with van der Waals surface area (Å²) in [7, 11) is -3.42. The highest BCUT2D eigenvalue weighted by molar-refractivity contribution is 9.10. The van der Waals surface area contributed by atoms with Crippen LogP contribution in [0.2, 0.25) is 0 Å². The molecule has 1 N–H and O–H groups in total. The van der Waals surface area contributed by atoms with Crippen LogP contribution in [0.3, 0.4) is 0 Å². The maximum Gasteiger partial charge on any atom is 0.253 e. The number of hydrogen-bond donors (Lipinski definition) is 1. The summed E-state index contributed by atoms with van der Waals surface area (Å²) in [5, 5.41) is 1.78. The summed E-state index contributed by atoms with van der Waals surface area (Å²) in [5.74, 6) is 0. The summed E-state index contributed by atoms with van der Waals surface area (Å²) in [4.78, 5) is 2.92. The number of nitrogens with one attached hydrogen (secondary N) is 1. The van der Waals surface area contributed by atoms with Gasteiger partial charge in [0.05, 0.1) is 4.90 Å². The molecule has 1 fully saturated rings. The number of benzene rings is 1. The van der Waals surface area contributed by atoms with Gasteiger partial charge in [0.15, 0.2) is 0 Å². The van der Waals surface area contributed by atoms with Gasteiger partial charge in [0.2, 0.25) is 0 Å². The van der Waals surface area contributed by atoms with Crippen molar-refractivity contribution in [3.63, 3.8) is 0 Å². The molecule has 0 atom stereocenters. The lowest BCUT2D eigenvalue weighted by molar-refractivity contribution is 0.200. The van der Waals surface area contributed by atoms with E-state index in [-0.39, 0.29) is 0 Å². The number of halogens is 1. The molecule has 0 bridgehead atoms. The van der Waals surface area contributed by atoms with Crippen molar-refractivity contribution in [2.45, 2.75) is 24.2 Å². The van der Waals surface area contributed by atoms with E-state index < -0.39 is 10.0 Å². The summed E-state index contributed by atoms with van der Waals surface area (Å²) < 4.78 is 25.0. The zero-order valence-corrected chi connectivity index (χ0v) is 11.8. The maximum atomic E-state index is 12.0. The number of piperidine rings is 1. The third-order valence-electron chi connectivity index (χ3n) is 2.73. The van der Waals surface area contributed by atoms with Gasteiger partial charge in [0.1, 0.15) is 0 Å². The highest BCUT2D eigenvalue weighted by Crippen LogP contribution is 2.15.